The first kappa shape index (κ1) is 14.6. The second kappa shape index (κ2) is 6.55. The van der Waals surface area contributed by atoms with E-state index < -0.39 is 0 Å². The number of halogens is 2. The lowest BCUT2D eigenvalue weighted by atomic mass is 10.2. The molecule has 0 radical (unpaired) electrons. The molecule has 0 spiro atoms. The number of hydrogen-bond acceptors (Lipinski definition) is 3. The van der Waals surface area contributed by atoms with Crippen LogP contribution in [0.4, 0.5) is 0 Å². The molecule has 1 heterocycles. The van der Waals surface area contributed by atoms with Crippen molar-refractivity contribution in [3.63, 3.8) is 0 Å². The average Bonchev–Trinajstić information content (AvgIpc) is 2.77. The predicted octanol–water partition coefficient (Wildman–Crippen LogP) is 4.50. The molecule has 2 aromatic rings. The molecule has 0 fully saturated rings. The van der Waals surface area contributed by atoms with Crippen LogP contribution in [-0.4, -0.2) is 11.5 Å². The molecule has 0 aliphatic heterocycles. The Labute approximate surface area is 126 Å². The van der Waals surface area contributed by atoms with Crippen LogP contribution in [0.1, 0.15) is 19.7 Å². The van der Waals surface area contributed by atoms with Crippen molar-refractivity contribution in [1.29, 1.82) is 0 Å². The SMILES string of the molecule is CC(C)CNCc1ncc(-c2ccc(Cl)cc2Br)o1. The molecule has 0 bridgehead atoms. The van der Waals surface area contributed by atoms with Crippen LogP contribution in [0, 0.1) is 5.92 Å². The number of oxazole rings is 1. The maximum Gasteiger partial charge on any atom is 0.208 e. The van der Waals surface area contributed by atoms with E-state index in [0.29, 0.717) is 23.4 Å². The van der Waals surface area contributed by atoms with Crippen LogP contribution in [0.3, 0.4) is 0 Å². The number of nitrogens with one attached hydrogen (secondary N) is 1. The molecule has 0 amide bonds. The first-order chi connectivity index (χ1) is 9.06. The summed E-state index contributed by atoms with van der Waals surface area (Å²) in [5.41, 5.74) is 0.951. The van der Waals surface area contributed by atoms with Crippen molar-refractivity contribution in [2.75, 3.05) is 6.54 Å². The van der Waals surface area contributed by atoms with E-state index in [-0.39, 0.29) is 0 Å². The first-order valence-corrected chi connectivity index (χ1v) is 7.34. The monoisotopic (exact) mass is 342 g/mol. The molecule has 1 N–H and O–H groups in total. The van der Waals surface area contributed by atoms with E-state index in [9.17, 15) is 0 Å². The average molecular weight is 344 g/mol. The Kier molecular flexibility index (Phi) is 5.02. The lowest BCUT2D eigenvalue weighted by Crippen LogP contribution is -2.18. The van der Waals surface area contributed by atoms with E-state index in [0.717, 1.165) is 22.3 Å². The van der Waals surface area contributed by atoms with Gasteiger partial charge in [0, 0.05) is 15.1 Å². The fourth-order valence-corrected chi connectivity index (χ4v) is 2.55. The van der Waals surface area contributed by atoms with Crippen molar-refractivity contribution in [3.05, 3.63) is 39.8 Å². The highest BCUT2D eigenvalue weighted by Gasteiger charge is 2.10. The van der Waals surface area contributed by atoms with Crippen molar-refractivity contribution in [2.24, 2.45) is 5.92 Å². The van der Waals surface area contributed by atoms with Gasteiger partial charge in [-0.25, -0.2) is 4.98 Å². The molecule has 19 heavy (non-hydrogen) atoms. The lowest BCUT2D eigenvalue weighted by molar-refractivity contribution is 0.459. The number of benzene rings is 1. The Morgan fingerprint density at radius 1 is 1.42 bits per heavy atom. The molecule has 0 saturated heterocycles. The van der Waals surface area contributed by atoms with Gasteiger partial charge in [-0.1, -0.05) is 25.4 Å². The zero-order chi connectivity index (χ0) is 13.8. The Bertz CT molecular complexity index is 554. The maximum atomic E-state index is 5.92. The number of nitrogens with zero attached hydrogens (tertiary/aromatic N) is 1. The number of rotatable bonds is 5. The summed E-state index contributed by atoms with van der Waals surface area (Å²) < 4.78 is 6.63. The summed E-state index contributed by atoms with van der Waals surface area (Å²) in [4.78, 5) is 4.27. The van der Waals surface area contributed by atoms with Gasteiger partial charge >= 0.3 is 0 Å². The molecule has 0 saturated carbocycles. The maximum absolute atomic E-state index is 5.92. The van der Waals surface area contributed by atoms with Gasteiger partial charge in [0.05, 0.1) is 12.7 Å². The zero-order valence-corrected chi connectivity index (χ0v) is 13.3. The van der Waals surface area contributed by atoms with Gasteiger partial charge in [0.15, 0.2) is 5.76 Å². The van der Waals surface area contributed by atoms with E-state index in [2.05, 4.69) is 40.1 Å². The molecule has 0 atom stereocenters. The smallest absolute Gasteiger partial charge is 0.208 e. The Hall–Kier alpha value is -0.840. The van der Waals surface area contributed by atoms with E-state index in [1.807, 2.05) is 18.2 Å². The fourth-order valence-electron chi connectivity index (χ4n) is 1.67. The summed E-state index contributed by atoms with van der Waals surface area (Å²) in [6, 6.07) is 5.59. The molecule has 1 aromatic carbocycles. The summed E-state index contributed by atoms with van der Waals surface area (Å²) in [5.74, 6) is 2.04. The second-order valence-corrected chi connectivity index (χ2v) is 6.06. The fraction of sp³-hybridized carbons (Fsp3) is 0.357. The summed E-state index contributed by atoms with van der Waals surface area (Å²) in [6.07, 6.45) is 1.74. The number of aromatic nitrogens is 1. The predicted molar refractivity (Wildman–Crippen MR) is 81.2 cm³/mol. The molecule has 5 heteroatoms. The molecule has 1 aromatic heterocycles. The van der Waals surface area contributed by atoms with Crippen molar-refractivity contribution in [3.8, 4) is 11.3 Å². The highest BCUT2D eigenvalue weighted by atomic mass is 79.9. The quantitative estimate of drug-likeness (QED) is 0.868. The topological polar surface area (TPSA) is 38.1 Å². The van der Waals surface area contributed by atoms with E-state index in [1.165, 1.54) is 0 Å². The molecule has 0 aliphatic carbocycles. The minimum Gasteiger partial charge on any atom is -0.439 e. The first-order valence-electron chi connectivity index (χ1n) is 6.17. The summed E-state index contributed by atoms with van der Waals surface area (Å²) in [7, 11) is 0. The minimum absolute atomic E-state index is 0.611. The van der Waals surface area contributed by atoms with Crippen LogP contribution < -0.4 is 5.32 Å². The second-order valence-electron chi connectivity index (χ2n) is 4.77. The summed E-state index contributed by atoms with van der Waals surface area (Å²) in [6.45, 7) is 5.92. The standard InChI is InChI=1S/C14H16BrClN2O/c1-9(2)6-17-8-14-18-7-13(19-14)11-4-3-10(16)5-12(11)15/h3-5,7,9,17H,6,8H2,1-2H3. The molecule has 102 valence electrons. The van der Waals surface area contributed by atoms with Gasteiger partial charge in [0.25, 0.3) is 0 Å². The third-order valence-corrected chi connectivity index (χ3v) is 3.47. The highest BCUT2D eigenvalue weighted by molar-refractivity contribution is 9.10. The highest BCUT2D eigenvalue weighted by Crippen LogP contribution is 2.30. The molecule has 0 aliphatic rings. The van der Waals surface area contributed by atoms with E-state index >= 15 is 0 Å². The van der Waals surface area contributed by atoms with Crippen molar-refractivity contribution < 1.29 is 4.42 Å². The molecule has 2 rings (SSSR count). The summed E-state index contributed by atoms with van der Waals surface area (Å²) in [5, 5.41) is 3.99. The molecule has 0 unspecified atom stereocenters. The minimum atomic E-state index is 0.611. The largest absolute Gasteiger partial charge is 0.439 e. The Morgan fingerprint density at radius 2 is 2.21 bits per heavy atom. The third-order valence-electron chi connectivity index (χ3n) is 2.58. The zero-order valence-electron chi connectivity index (χ0n) is 10.9. The van der Waals surface area contributed by atoms with Gasteiger partial charge in [0.2, 0.25) is 5.89 Å². The van der Waals surface area contributed by atoms with E-state index in [4.69, 9.17) is 16.0 Å². The van der Waals surface area contributed by atoms with Crippen LogP contribution in [-0.2, 0) is 6.54 Å². The van der Waals surface area contributed by atoms with Gasteiger partial charge in [-0.15, -0.1) is 0 Å². The normalized spacial score (nSPS) is 11.2. The Morgan fingerprint density at radius 3 is 2.89 bits per heavy atom. The van der Waals surface area contributed by atoms with Crippen molar-refractivity contribution in [2.45, 2.75) is 20.4 Å². The number of hydrogen-bond donors (Lipinski definition) is 1. The van der Waals surface area contributed by atoms with E-state index in [1.54, 1.807) is 6.20 Å². The van der Waals surface area contributed by atoms with Crippen LogP contribution >= 0.6 is 27.5 Å². The van der Waals surface area contributed by atoms with Crippen LogP contribution in [0.2, 0.25) is 5.02 Å². The van der Waals surface area contributed by atoms with Gasteiger partial charge < -0.3 is 9.73 Å². The molecule has 3 nitrogen and oxygen atoms in total. The Balaban J connectivity index is 2.08. The van der Waals surface area contributed by atoms with Gasteiger partial charge in [-0.05, 0) is 46.6 Å². The van der Waals surface area contributed by atoms with Gasteiger partial charge in [-0.2, -0.15) is 0 Å². The lowest BCUT2D eigenvalue weighted by Gasteiger charge is -2.04. The molecular weight excluding hydrogens is 328 g/mol. The van der Waals surface area contributed by atoms with Crippen LogP contribution in [0.25, 0.3) is 11.3 Å². The van der Waals surface area contributed by atoms with Crippen molar-refractivity contribution >= 4 is 27.5 Å². The van der Waals surface area contributed by atoms with Crippen LogP contribution in [0.15, 0.2) is 33.3 Å². The van der Waals surface area contributed by atoms with Gasteiger partial charge in [-0.3, -0.25) is 0 Å². The molecular formula is C14H16BrClN2O. The summed E-state index contributed by atoms with van der Waals surface area (Å²) >= 11 is 9.40. The van der Waals surface area contributed by atoms with Gasteiger partial charge in [0.1, 0.15) is 0 Å². The van der Waals surface area contributed by atoms with Crippen molar-refractivity contribution in [1.82, 2.24) is 10.3 Å². The third kappa shape index (κ3) is 4.06. The van der Waals surface area contributed by atoms with Crippen LogP contribution in [0.5, 0.6) is 0 Å².